The largest absolute Gasteiger partial charge is 0.506 e. The van der Waals surface area contributed by atoms with Gasteiger partial charge in [0.15, 0.2) is 0 Å². The summed E-state index contributed by atoms with van der Waals surface area (Å²) in [5.74, 6) is -0.0994. The molecule has 1 aromatic carbocycles. The first-order valence-corrected chi connectivity index (χ1v) is 4.73. The minimum absolute atomic E-state index is 0. The zero-order valence-corrected chi connectivity index (χ0v) is 10.2. The molecular weight excluding hydrogens is 296 g/mol. The van der Waals surface area contributed by atoms with E-state index in [1.165, 1.54) is 6.07 Å². The van der Waals surface area contributed by atoms with Crippen LogP contribution in [0.5, 0.6) is 5.75 Å². The molecule has 0 saturated heterocycles. The van der Waals surface area contributed by atoms with E-state index in [1.54, 1.807) is 6.07 Å². The van der Waals surface area contributed by atoms with Crippen molar-refractivity contribution in [3.05, 3.63) is 27.2 Å². The second-order valence-corrected chi connectivity index (χ2v) is 3.76. The number of aromatic hydroxyl groups is 1. The zero-order valence-electron chi connectivity index (χ0n) is 7.01. The van der Waals surface area contributed by atoms with Gasteiger partial charge in [-0.15, -0.1) is 12.4 Å². The predicted octanol–water partition coefficient (Wildman–Crippen LogP) is 3.20. The molecular formula is C8H9BrCl2FNO. The molecule has 0 unspecified atom stereocenters. The molecule has 6 heteroatoms. The number of hydrogen-bond acceptors (Lipinski definition) is 2. The molecule has 0 aliphatic carbocycles. The smallest absolute Gasteiger partial charge is 0.136 e. The SMILES string of the molecule is Cl.N[C@@H](CF)c1ccc(Cl)c(Br)c1O. The third kappa shape index (κ3) is 2.73. The maximum atomic E-state index is 12.2. The number of rotatable bonds is 2. The molecule has 80 valence electrons. The van der Waals surface area contributed by atoms with Crippen molar-refractivity contribution in [2.75, 3.05) is 6.67 Å². The average Bonchev–Trinajstić information content (AvgIpc) is 2.13. The lowest BCUT2D eigenvalue weighted by Gasteiger charge is -2.11. The van der Waals surface area contributed by atoms with Gasteiger partial charge in [-0.05, 0) is 22.0 Å². The summed E-state index contributed by atoms with van der Waals surface area (Å²) in [4.78, 5) is 0. The number of alkyl halides is 1. The van der Waals surface area contributed by atoms with E-state index in [-0.39, 0.29) is 18.2 Å². The predicted molar refractivity (Wildman–Crippen MR) is 61.0 cm³/mol. The van der Waals surface area contributed by atoms with Gasteiger partial charge in [0.05, 0.1) is 15.5 Å². The lowest BCUT2D eigenvalue weighted by atomic mass is 10.1. The molecule has 14 heavy (non-hydrogen) atoms. The fraction of sp³-hybridized carbons (Fsp3) is 0.250. The Labute approximate surface area is 101 Å². The first kappa shape index (κ1) is 14.0. The van der Waals surface area contributed by atoms with Crippen LogP contribution in [0, 0.1) is 0 Å². The summed E-state index contributed by atoms with van der Waals surface area (Å²) in [6.45, 7) is -0.721. The first-order chi connectivity index (χ1) is 6.07. The topological polar surface area (TPSA) is 46.2 Å². The van der Waals surface area contributed by atoms with Crippen molar-refractivity contribution in [2.24, 2.45) is 5.73 Å². The number of benzene rings is 1. The van der Waals surface area contributed by atoms with Gasteiger partial charge < -0.3 is 10.8 Å². The molecule has 0 fully saturated rings. The van der Waals surface area contributed by atoms with Crippen LogP contribution in [-0.4, -0.2) is 11.8 Å². The number of hydrogen-bond donors (Lipinski definition) is 2. The van der Waals surface area contributed by atoms with Crippen molar-refractivity contribution < 1.29 is 9.50 Å². The molecule has 0 spiro atoms. The zero-order chi connectivity index (χ0) is 10.0. The fourth-order valence-electron chi connectivity index (χ4n) is 0.937. The van der Waals surface area contributed by atoms with Crippen LogP contribution in [0.15, 0.2) is 16.6 Å². The third-order valence-electron chi connectivity index (χ3n) is 1.67. The Hall–Kier alpha value is -0.0300. The molecule has 1 atom stereocenters. The van der Waals surface area contributed by atoms with Crippen LogP contribution in [0.1, 0.15) is 11.6 Å². The molecule has 1 aromatic rings. The van der Waals surface area contributed by atoms with Gasteiger partial charge in [0, 0.05) is 5.56 Å². The van der Waals surface area contributed by atoms with Crippen LogP contribution in [0.3, 0.4) is 0 Å². The van der Waals surface area contributed by atoms with Crippen LogP contribution in [0.2, 0.25) is 5.02 Å². The van der Waals surface area contributed by atoms with E-state index in [9.17, 15) is 9.50 Å². The standard InChI is InChI=1S/C8H8BrClFNO.ClH/c9-7-5(10)2-1-4(8(7)13)6(12)3-11;/h1-2,6,13H,3,12H2;1H/t6-;/m0./s1. The minimum atomic E-state index is -0.812. The molecule has 0 aliphatic heterocycles. The van der Waals surface area contributed by atoms with E-state index in [2.05, 4.69) is 15.9 Å². The van der Waals surface area contributed by atoms with Crippen molar-refractivity contribution in [1.29, 1.82) is 0 Å². The highest BCUT2D eigenvalue weighted by Crippen LogP contribution is 2.36. The van der Waals surface area contributed by atoms with E-state index in [4.69, 9.17) is 17.3 Å². The Morgan fingerprint density at radius 2 is 2.14 bits per heavy atom. The molecule has 0 amide bonds. The van der Waals surface area contributed by atoms with E-state index >= 15 is 0 Å². The van der Waals surface area contributed by atoms with Gasteiger partial charge in [-0.2, -0.15) is 0 Å². The van der Waals surface area contributed by atoms with Gasteiger partial charge in [0.25, 0.3) is 0 Å². The maximum absolute atomic E-state index is 12.2. The Morgan fingerprint density at radius 1 is 1.57 bits per heavy atom. The van der Waals surface area contributed by atoms with Crippen molar-refractivity contribution in [2.45, 2.75) is 6.04 Å². The van der Waals surface area contributed by atoms with Gasteiger partial charge in [-0.25, -0.2) is 4.39 Å². The molecule has 2 nitrogen and oxygen atoms in total. The van der Waals surface area contributed by atoms with Gasteiger partial charge in [-0.3, -0.25) is 0 Å². The molecule has 1 rings (SSSR count). The lowest BCUT2D eigenvalue weighted by Crippen LogP contribution is -2.12. The van der Waals surface area contributed by atoms with E-state index in [0.29, 0.717) is 15.1 Å². The molecule has 0 aromatic heterocycles. The lowest BCUT2D eigenvalue weighted by molar-refractivity contribution is 0.413. The van der Waals surface area contributed by atoms with Crippen molar-refractivity contribution >= 4 is 39.9 Å². The Bertz CT molecular complexity index is 324. The van der Waals surface area contributed by atoms with Gasteiger partial charge in [0.2, 0.25) is 0 Å². The van der Waals surface area contributed by atoms with Gasteiger partial charge in [0.1, 0.15) is 12.4 Å². The van der Waals surface area contributed by atoms with Crippen LogP contribution in [0.4, 0.5) is 4.39 Å². The first-order valence-electron chi connectivity index (χ1n) is 3.56. The Balaban J connectivity index is 0.00000169. The second-order valence-electron chi connectivity index (χ2n) is 2.56. The van der Waals surface area contributed by atoms with Crippen LogP contribution < -0.4 is 5.73 Å². The minimum Gasteiger partial charge on any atom is -0.506 e. The highest BCUT2D eigenvalue weighted by atomic mass is 79.9. The summed E-state index contributed by atoms with van der Waals surface area (Å²) in [6, 6.07) is 2.25. The number of halogens is 4. The quantitative estimate of drug-likeness (QED) is 0.881. The number of phenolic OH excluding ortho intramolecular Hbond substituents is 1. The molecule has 3 N–H and O–H groups in total. The number of nitrogens with two attached hydrogens (primary N) is 1. The van der Waals surface area contributed by atoms with Crippen LogP contribution in [-0.2, 0) is 0 Å². The summed E-state index contributed by atoms with van der Waals surface area (Å²) >= 11 is 8.76. The van der Waals surface area contributed by atoms with E-state index in [1.807, 2.05) is 0 Å². The summed E-state index contributed by atoms with van der Waals surface area (Å²) in [5, 5.41) is 9.87. The maximum Gasteiger partial charge on any atom is 0.136 e. The Morgan fingerprint density at radius 3 is 2.64 bits per heavy atom. The Kier molecular flexibility index (Phi) is 5.74. The van der Waals surface area contributed by atoms with E-state index in [0.717, 1.165) is 0 Å². The van der Waals surface area contributed by atoms with Crippen molar-refractivity contribution in [1.82, 2.24) is 0 Å². The third-order valence-corrected chi connectivity index (χ3v) is 3.01. The molecule has 0 saturated carbocycles. The second kappa shape index (κ2) is 5.75. The summed E-state index contributed by atoms with van der Waals surface area (Å²) < 4.78 is 12.5. The molecule has 0 bridgehead atoms. The van der Waals surface area contributed by atoms with Gasteiger partial charge in [-0.1, -0.05) is 17.7 Å². The van der Waals surface area contributed by atoms with E-state index < -0.39 is 12.7 Å². The van der Waals surface area contributed by atoms with Crippen LogP contribution >= 0.6 is 39.9 Å². The highest BCUT2D eigenvalue weighted by Gasteiger charge is 2.14. The summed E-state index contributed by atoms with van der Waals surface area (Å²) in [5.41, 5.74) is 5.76. The summed E-state index contributed by atoms with van der Waals surface area (Å²) in [7, 11) is 0. The normalized spacial score (nSPS) is 12.0. The molecule has 0 heterocycles. The highest BCUT2D eigenvalue weighted by molar-refractivity contribution is 9.10. The molecule has 0 radical (unpaired) electrons. The van der Waals surface area contributed by atoms with Crippen LogP contribution in [0.25, 0.3) is 0 Å². The summed E-state index contributed by atoms with van der Waals surface area (Å²) in [6.07, 6.45) is 0. The number of phenols is 1. The monoisotopic (exact) mass is 303 g/mol. The molecule has 0 aliphatic rings. The van der Waals surface area contributed by atoms with Crippen molar-refractivity contribution in [3.8, 4) is 5.75 Å². The van der Waals surface area contributed by atoms with Gasteiger partial charge >= 0.3 is 0 Å². The average molecular weight is 305 g/mol. The fourth-order valence-corrected chi connectivity index (χ4v) is 1.45. The van der Waals surface area contributed by atoms with Crippen molar-refractivity contribution in [3.63, 3.8) is 0 Å².